The van der Waals surface area contributed by atoms with E-state index in [0.717, 1.165) is 29.0 Å². The van der Waals surface area contributed by atoms with Gasteiger partial charge in [-0.25, -0.2) is 4.98 Å². The van der Waals surface area contributed by atoms with Crippen molar-refractivity contribution in [3.63, 3.8) is 0 Å². The van der Waals surface area contributed by atoms with Gasteiger partial charge >= 0.3 is 0 Å². The number of hydrogen-bond donors (Lipinski definition) is 0. The lowest BCUT2D eigenvalue weighted by Gasteiger charge is -2.29. The van der Waals surface area contributed by atoms with E-state index < -0.39 is 0 Å². The fourth-order valence-electron chi connectivity index (χ4n) is 8.27. The molecule has 2 heteroatoms. The molecule has 1 heterocycles. The molecule has 8 aromatic carbocycles. The van der Waals surface area contributed by atoms with Crippen molar-refractivity contribution in [3.8, 4) is 27.9 Å². The van der Waals surface area contributed by atoms with E-state index in [-0.39, 0.29) is 5.92 Å². The molecule has 0 radical (unpaired) electrons. The van der Waals surface area contributed by atoms with Gasteiger partial charge in [-0.2, -0.15) is 0 Å². The Kier molecular flexibility index (Phi) is 6.57. The van der Waals surface area contributed by atoms with Gasteiger partial charge < -0.3 is 0 Å². The molecule has 1 aliphatic rings. The van der Waals surface area contributed by atoms with Crippen LogP contribution < -0.4 is 0 Å². The molecule has 0 amide bonds. The zero-order valence-corrected chi connectivity index (χ0v) is 27.8. The van der Waals surface area contributed by atoms with Crippen LogP contribution in [0.5, 0.6) is 0 Å². The molecule has 0 fully saturated rings. The number of aromatic nitrogens is 2. The minimum absolute atomic E-state index is 0.242. The van der Waals surface area contributed by atoms with Crippen LogP contribution in [0, 0.1) is 5.92 Å². The van der Waals surface area contributed by atoms with Crippen LogP contribution in [0.15, 0.2) is 164 Å². The van der Waals surface area contributed by atoms with E-state index in [1.807, 2.05) is 0 Å². The highest BCUT2D eigenvalue weighted by molar-refractivity contribution is 6.13. The number of nitrogens with zero attached hydrogens (tertiary/aromatic N) is 2. The van der Waals surface area contributed by atoms with E-state index in [0.29, 0.717) is 0 Å². The van der Waals surface area contributed by atoms with Crippen LogP contribution in [-0.2, 0) is 6.42 Å². The quantitative estimate of drug-likeness (QED) is 0.188. The maximum atomic E-state index is 5.35. The summed E-state index contributed by atoms with van der Waals surface area (Å²) < 4.78 is 2.35. The van der Waals surface area contributed by atoms with E-state index in [1.54, 1.807) is 0 Å². The lowest BCUT2D eigenvalue weighted by Crippen LogP contribution is -2.15. The lowest BCUT2D eigenvalue weighted by molar-refractivity contribution is 0.729. The molecule has 50 heavy (non-hydrogen) atoms. The monoisotopic (exact) mass is 638 g/mol. The maximum Gasteiger partial charge on any atom is 0.141 e. The Morgan fingerprint density at radius 3 is 1.80 bits per heavy atom. The summed E-state index contributed by atoms with van der Waals surface area (Å²) in [6, 6.07) is 59.5. The van der Waals surface area contributed by atoms with Crippen LogP contribution in [0.3, 0.4) is 0 Å². The summed E-state index contributed by atoms with van der Waals surface area (Å²) in [5, 5.41) is 7.59. The maximum absolute atomic E-state index is 5.35. The average Bonchev–Trinajstić information content (AvgIpc) is 3.56. The van der Waals surface area contributed by atoms with Crippen molar-refractivity contribution in [2.24, 2.45) is 5.92 Å². The molecule has 236 valence electrons. The van der Waals surface area contributed by atoms with Crippen LogP contribution >= 0.6 is 0 Å². The first-order valence-corrected chi connectivity index (χ1v) is 17.5. The van der Waals surface area contributed by atoms with Crippen molar-refractivity contribution >= 4 is 55.0 Å². The van der Waals surface area contributed by atoms with E-state index >= 15 is 0 Å². The number of rotatable bonds is 4. The Bertz CT molecular complexity index is 2800. The number of fused-ring (bicyclic) bond motifs is 5. The lowest BCUT2D eigenvalue weighted by atomic mass is 9.75. The molecule has 0 saturated heterocycles. The first kappa shape index (κ1) is 28.7. The summed E-state index contributed by atoms with van der Waals surface area (Å²) in [6.07, 6.45) is 3.39. The molecule has 10 rings (SSSR count). The summed E-state index contributed by atoms with van der Waals surface area (Å²) in [7, 11) is 0. The number of allylic oxidation sites excluding steroid dienone is 1. The fraction of sp³-hybridized carbons (Fsp3) is 0.0625. The number of hydrogen-bond acceptors (Lipinski definition) is 1. The SMILES string of the molecule is CC1Cc2c(c(-c3ccc4ccccc4c3)c3ccccc3c2-c2ccc3ccccc3c2)C=C1c1nc2ccccc2n1-c1ccccc1. The Hall–Kier alpha value is -6.25. The molecule has 0 bridgehead atoms. The van der Waals surface area contributed by atoms with Gasteiger partial charge in [0.25, 0.3) is 0 Å². The van der Waals surface area contributed by atoms with E-state index in [2.05, 4.69) is 181 Å². The van der Waals surface area contributed by atoms with E-state index in [1.165, 1.54) is 71.3 Å². The van der Waals surface area contributed by atoms with Gasteiger partial charge in [-0.3, -0.25) is 4.57 Å². The molecule has 9 aromatic rings. The third kappa shape index (κ3) is 4.53. The van der Waals surface area contributed by atoms with Crippen LogP contribution in [0.2, 0.25) is 0 Å². The standard InChI is InChI=1S/C48H34N2/c1-31-27-42-43(30-41(31)48-49-44-21-11-12-22-45(44)50(48)38-17-3-2-4-18-38)47(37-26-24-33-14-6-8-16-35(33)29-37)40-20-10-9-19-39(40)46(42)36-25-23-32-13-5-7-15-34(32)28-36/h2-26,28-31H,27H2,1H3. The summed E-state index contributed by atoms with van der Waals surface area (Å²) in [5.41, 5.74) is 12.3. The van der Waals surface area contributed by atoms with E-state index in [9.17, 15) is 0 Å². The summed E-state index contributed by atoms with van der Waals surface area (Å²) in [4.78, 5) is 5.35. The zero-order chi connectivity index (χ0) is 33.2. The van der Waals surface area contributed by atoms with Gasteiger partial charge in [-0.1, -0.05) is 134 Å². The second-order valence-corrected chi connectivity index (χ2v) is 13.6. The molecular weight excluding hydrogens is 605 g/mol. The summed E-state index contributed by atoms with van der Waals surface area (Å²) in [6.45, 7) is 2.37. The molecule has 0 spiro atoms. The minimum Gasteiger partial charge on any atom is -0.293 e. The van der Waals surface area contributed by atoms with Crippen molar-refractivity contribution in [2.75, 3.05) is 0 Å². The highest BCUT2D eigenvalue weighted by atomic mass is 15.1. The minimum atomic E-state index is 0.242. The molecule has 1 atom stereocenters. The van der Waals surface area contributed by atoms with Gasteiger partial charge in [-0.15, -0.1) is 0 Å². The Labute approximate surface area is 291 Å². The Morgan fingerprint density at radius 2 is 1.10 bits per heavy atom. The van der Waals surface area contributed by atoms with Gasteiger partial charge in [0.2, 0.25) is 0 Å². The van der Waals surface area contributed by atoms with Crippen LogP contribution in [0.4, 0.5) is 0 Å². The molecule has 2 nitrogen and oxygen atoms in total. The summed E-state index contributed by atoms with van der Waals surface area (Å²) in [5.74, 6) is 1.26. The van der Waals surface area contributed by atoms with Crippen molar-refractivity contribution in [2.45, 2.75) is 13.3 Å². The Morgan fingerprint density at radius 1 is 0.540 bits per heavy atom. The number of benzene rings is 8. The van der Waals surface area contributed by atoms with Crippen molar-refractivity contribution < 1.29 is 0 Å². The molecule has 0 saturated carbocycles. The third-order valence-electron chi connectivity index (χ3n) is 10.6. The smallest absolute Gasteiger partial charge is 0.141 e. The second kappa shape index (κ2) is 11.4. The van der Waals surface area contributed by atoms with Gasteiger partial charge in [0.1, 0.15) is 5.82 Å². The molecule has 1 unspecified atom stereocenters. The molecule has 0 N–H and O–H groups in total. The first-order chi connectivity index (χ1) is 24.7. The van der Waals surface area contributed by atoms with Crippen LogP contribution in [-0.4, -0.2) is 9.55 Å². The van der Waals surface area contributed by atoms with Crippen molar-refractivity contribution in [1.82, 2.24) is 9.55 Å². The third-order valence-corrected chi connectivity index (χ3v) is 10.6. The molecule has 1 aliphatic carbocycles. The van der Waals surface area contributed by atoms with Crippen molar-refractivity contribution in [1.29, 1.82) is 0 Å². The number of imidazole rings is 1. The number of para-hydroxylation sites is 3. The Balaban J connectivity index is 1.32. The van der Waals surface area contributed by atoms with Gasteiger partial charge in [0.15, 0.2) is 0 Å². The van der Waals surface area contributed by atoms with Crippen LogP contribution in [0.25, 0.3) is 82.9 Å². The zero-order valence-electron chi connectivity index (χ0n) is 27.8. The first-order valence-electron chi connectivity index (χ1n) is 17.5. The highest BCUT2D eigenvalue weighted by Crippen LogP contribution is 2.49. The van der Waals surface area contributed by atoms with Gasteiger partial charge in [0.05, 0.1) is 11.0 Å². The fourth-order valence-corrected chi connectivity index (χ4v) is 8.27. The normalized spacial score (nSPS) is 14.3. The van der Waals surface area contributed by atoms with Crippen LogP contribution in [0.1, 0.15) is 23.9 Å². The predicted molar refractivity (Wildman–Crippen MR) is 212 cm³/mol. The molecule has 1 aromatic heterocycles. The molecule has 0 aliphatic heterocycles. The van der Waals surface area contributed by atoms with Gasteiger partial charge in [0, 0.05) is 5.69 Å². The summed E-state index contributed by atoms with van der Waals surface area (Å²) >= 11 is 0. The predicted octanol–water partition coefficient (Wildman–Crippen LogP) is 12.6. The molecular formula is C48H34N2. The topological polar surface area (TPSA) is 17.8 Å². The highest BCUT2D eigenvalue weighted by Gasteiger charge is 2.30. The largest absolute Gasteiger partial charge is 0.293 e. The van der Waals surface area contributed by atoms with Crippen molar-refractivity contribution in [3.05, 3.63) is 181 Å². The van der Waals surface area contributed by atoms with Gasteiger partial charge in [-0.05, 0) is 126 Å². The average molecular weight is 639 g/mol. The van der Waals surface area contributed by atoms with E-state index in [4.69, 9.17) is 4.98 Å². The second-order valence-electron chi connectivity index (χ2n) is 13.6.